The lowest BCUT2D eigenvalue weighted by Crippen LogP contribution is -2.47. The van der Waals surface area contributed by atoms with E-state index in [1.54, 1.807) is 18.2 Å². The van der Waals surface area contributed by atoms with Gasteiger partial charge in [0, 0.05) is 12.1 Å². The van der Waals surface area contributed by atoms with Crippen LogP contribution >= 0.6 is 0 Å². The van der Waals surface area contributed by atoms with Crippen LogP contribution in [0.15, 0.2) is 54.6 Å². The van der Waals surface area contributed by atoms with Crippen molar-refractivity contribution in [3.8, 4) is 11.5 Å². The number of amides is 2. The van der Waals surface area contributed by atoms with Crippen LogP contribution in [0, 0.1) is 0 Å². The Morgan fingerprint density at radius 3 is 2.23 bits per heavy atom. The highest BCUT2D eigenvalue weighted by Crippen LogP contribution is 2.26. The van der Waals surface area contributed by atoms with E-state index >= 15 is 0 Å². The van der Waals surface area contributed by atoms with Gasteiger partial charge in [0.05, 0.1) is 12.1 Å². The van der Waals surface area contributed by atoms with Crippen LogP contribution in [0.1, 0.15) is 38.1 Å². The standard InChI is InChI=1S/C21H26N2O3/c1-5-23(15-19(24)22-21(2,3)4)20(25)17-13-9-10-14-18(17)26-16-11-7-6-8-12-16/h6-14H,5,15H2,1-4H3,(H,22,24). The molecule has 0 radical (unpaired) electrons. The fourth-order valence-corrected chi connectivity index (χ4v) is 2.48. The summed E-state index contributed by atoms with van der Waals surface area (Å²) in [5.74, 6) is 0.705. The lowest BCUT2D eigenvalue weighted by atomic mass is 10.1. The number of nitrogens with one attached hydrogen (secondary N) is 1. The van der Waals surface area contributed by atoms with Crippen LogP contribution < -0.4 is 10.1 Å². The van der Waals surface area contributed by atoms with Crippen LogP contribution in [0.4, 0.5) is 0 Å². The normalized spacial score (nSPS) is 10.9. The number of benzene rings is 2. The van der Waals surface area contributed by atoms with Gasteiger partial charge in [-0.25, -0.2) is 0 Å². The van der Waals surface area contributed by atoms with E-state index in [1.165, 1.54) is 4.90 Å². The number of likely N-dealkylation sites (N-methyl/N-ethyl adjacent to an activating group) is 1. The summed E-state index contributed by atoms with van der Waals surface area (Å²) in [7, 11) is 0. The summed E-state index contributed by atoms with van der Waals surface area (Å²) >= 11 is 0. The summed E-state index contributed by atoms with van der Waals surface area (Å²) in [5.41, 5.74) is 0.0928. The number of hydrogen-bond donors (Lipinski definition) is 1. The molecule has 5 heteroatoms. The highest BCUT2D eigenvalue weighted by Gasteiger charge is 2.22. The molecule has 0 aliphatic heterocycles. The molecule has 0 saturated heterocycles. The van der Waals surface area contributed by atoms with E-state index in [9.17, 15) is 9.59 Å². The zero-order valence-corrected chi connectivity index (χ0v) is 15.8. The van der Waals surface area contributed by atoms with Gasteiger partial charge in [-0.3, -0.25) is 9.59 Å². The molecule has 0 spiro atoms. The molecule has 26 heavy (non-hydrogen) atoms. The largest absolute Gasteiger partial charge is 0.457 e. The topological polar surface area (TPSA) is 58.6 Å². The van der Waals surface area contributed by atoms with Gasteiger partial charge in [0.1, 0.15) is 11.5 Å². The third kappa shape index (κ3) is 5.62. The van der Waals surface area contributed by atoms with Gasteiger partial charge in [-0.2, -0.15) is 0 Å². The first-order valence-electron chi connectivity index (χ1n) is 8.72. The van der Waals surface area contributed by atoms with Crippen molar-refractivity contribution in [2.24, 2.45) is 0 Å². The van der Waals surface area contributed by atoms with Crippen LogP contribution in [0.3, 0.4) is 0 Å². The summed E-state index contributed by atoms with van der Waals surface area (Å²) in [5, 5.41) is 2.88. The van der Waals surface area contributed by atoms with Crippen molar-refractivity contribution in [2.75, 3.05) is 13.1 Å². The number of para-hydroxylation sites is 2. The Morgan fingerprint density at radius 1 is 1.00 bits per heavy atom. The predicted octanol–water partition coefficient (Wildman–Crippen LogP) is 3.86. The van der Waals surface area contributed by atoms with E-state index in [0.29, 0.717) is 23.6 Å². The van der Waals surface area contributed by atoms with Crippen molar-refractivity contribution in [3.05, 3.63) is 60.2 Å². The molecule has 0 atom stereocenters. The highest BCUT2D eigenvalue weighted by molar-refractivity contribution is 5.99. The van der Waals surface area contributed by atoms with Crippen molar-refractivity contribution < 1.29 is 14.3 Å². The first-order valence-corrected chi connectivity index (χ1v) is 8.72. The summed E-state index contributed by atoms with van der Waals surface area (Å²) in [6, 6.07) is 16.4. The first-order chi connectivity index (χ1) is 12.3. The second kappa shape index (κ2) is 8.52. The van der Waals surface area contributed by atoms with Gasteiger partial charge in [-0.1, -0.05) is 30.3 Å². The third-order valence-electron chi connectivity index (χ3n) is 3.61. The van der Waals surface area contributed by atoms with Crippen molar-refractivity contribution in [3.63, 3.8) is 0 Å². The average Bonchev–Trinajstić information content (AvgIpc) is 2.59. The maximum atomic E-state index is 13.0. The highest BCUT2D eigenvalue weighted by atomic mass is 16.5. The quantitative estimate of drug-likeness (QED) is 0.857. The van der Waals surface area contributed by atoms with Crippen molar-refractivity contribution in [1.29, 1.82) is 0 Å². The predicted molar refractivity (Wildman–Crippen MR) is 102 cm³/mol. The Morgan fingerprint density at radius 2 is 1.62 bits per heavy atom. The lowest BCUT2D eigenvalue weighted by molar-refractivity contribution is -0.123. The summed E-state index contributed by atoms with van der Waals surface area (Å²) in [6.07, 6.45) is 0. The summed E-state index contributed by atoms with van der Waals surface area (Å²) in [6.45, 7) is 8.01. The minimum absolute atomic E-state index is 0.00622. The molecular formula is C21H26N2O3. The Balaban J connectivity index is 2.18. The molecule has 138 valence electrons. The fourth-order valence-electron chi connectivity index (χ4n) is 2.48. The van der Waals surface area contributed by atoms with Gasteiger partial charge in [-0.05, 0) is 52.0 Å². The number of rotatable bonds is 6. The molecule has 0 unspecified atom stereocenters. The first kappa shape index (κ1) is 19.5. The van der Waals surface area contributed by atoms with E-state index in [4.69, 9.17) is 4.74 Å². The molecule has 0 bridgehead atoms. The molecule has 2 rings (SSSR count). The zero-order valence-electron chi connectivity index (χ0n) is 15.8. The molecule has 2 aromatic rings. The molecule has 0 fully saturated rings. The van der Waals surface area contributed by atoms with Gasteiger partial charge < -0.3 is 15.0 Å². The number of ether oxygens (including phenoxy) is 1. The maximum absolute atomic E-state index is 13.0. The van der Waals surface area contributed by atoms with Crippen molar-refractivity contribution in [2.45, 2.75) is 33.2 Å². The maximum Gasteiger partial charge on any atom is 0.258 e. The molecule has 0 heterocycles. The van der Waals surface area contributed by atoms with Gasteiger partial charge in [-0.15, -0.1) is 0 Å². The number of hydrogen-bond acceptors (Lipinski definition) is 3. The van der Waals surface area contributed by atoms with Gasteiger partial charge in [0.15, 0.2) is 0 Å². The van der Waals surface area contributed by atoms with E-state index in [2.05, 4.69) is 5.32 Å². The molecular weight excluding hydrogens is 328 g/mol. The molecule has 0 aromatic heterocycles. The second-order valence-electron chi connectivity index (χ2n) is 7.03. The van der Waals surface area contributed by atoms with Gasteiger partial charge in [0.25, 0.3) is 5.91 Å². The summed E-state index contributed by atoms with van der Waals surface area (Å²) < 4.78 is 5.86. The monoisotopic (exact) mass is 354 g/mol. The number of nitrogens with zero attached hydrogens (tertiary/aromatic N) is 1. The van der Waals surface area contributed by atoms with Crippen molar-refractivity contribution in [1.82, 2.24) is 10.2 Å². The van der Waals surface area contributed by atoms with E-state index in [1.807, 2.05) is 64.1 Å². The van der Waals surface area contributed by atoms with Gasteiger partial charge >= 0.3 is 0 Å². The zero-order chi connectivity index (χ0) is 19.2. The average molecular weight is 354 g/mol. The smallest absolute Gasteiger partial charge is 0.258 e. The Bertz CT molecular complexity index is 751. The molecule has 0 saturated carbocycles. The second-order valence-corrected chi connectivity index (χ2v) is 7.03. The number of carbonyl (C=O) groups excluding carboxylic acids is 2. The van der Waals surface area contributed by atoms with Gasteiger partial charge in [0.2, 0.25) is 5.91 Å². The molecule has 0 aliphatic rings. The summed E-state index contributed by atoms with van der Waals surface area (Å²) in [4.78, 5) is 26.7. The van der Waals surface area contributed by atoms with Crippen LogP contribution in [0.25, 0.3) is 0 Å². The minimum Gasteiger partial charge on any atom is -0.457 e. The molecule has 0 aliphatic carbocycles. The molecule has 2 amide bonds. The number of carbonyl (C=O) groups is 2. The Kier molecular flexibility index (Phi) is 6.39. The van der Waals surface area contributed by atoms with E-state index < -0.39 is 0 Å². The fraction of sp³-hybridized carbons (Fsp3) is 0.333. The van der Waals surface area contributed by atoms with Crippen LogP contribution in [-0.2, 0) is 4.79 Å². The van der Waals surface area contributed by atoms with E-state index in [-0.39, 0.29) is 23.9 Å². The Labute approximate surface area is 155 Å². The molecule has 2 aromatic carbocycles. The molecule has 5 nitrogen and oxygen atoms in total. The van der Waals surface area contributed by atoms with Crippen molar-refractivity contribution >= 4 is 11.8 Å². The SMILES string of the molecule is CCN(CC(=O)NC(C)(C)C)C(=O)c1ccccc1Oc1ccccc1. The van der Waals surface area contributed by atoms with Crippen LogP contribution in [0.5, 0.6) is 11.5 Å². The van der Waals surface area contributed by atoms with Crippen LogP contribution in [-0.4, -0.2) is 35.3 Å². The third-order valence-corrected chi connectivity index (χ3v) is 3.61. The van der Waals surface area contributed by atoms with E-state index in [0.717, 1.165) is 0 Å². The molecule has 1 N–H and O–H groups in total. The minimum atomic E-state index is -0.339. The Hall–Kier alpha value is -2.82. The van der Waals surface area contributed by atoms with Crippen LogP contribution in [0.2, 0.25) is 0 Å². The lowest BCUT2D eigenvalue weighted by Gasteiger charge is -2.25.